The summed E-state index contributed by atoms with van der Waals surface area (Å²) in [6.45, 7) is 0. The predicted octanol–water partition coefficient (Wildman–Crippen LogP) is 2.20. The molecule has 1 atom stereocenters. The Morgan fingerprint density at radius 1 is 1.13 bits per heavy atom. The number of rotatable bonds is 0. The van der Waals surface area contributed by atoms with Crippen molar-refractivity contribution in [3.8, 4) is 0 Å². The molecule has 5 heteroatoms. The molecule has 1 unspecified atom stereocenters. The summed E-state index contributed by atoms with van der Waals surface area (Å²) < 4.78 is 0. The third kappa shape index (κ3) is 1.59. The quantitative estimate of drug-likeness (QED) is 0.667. The van der Waals surface area contributed by atoms with Gasteiger partial charge in [-0.1, -0.05) is 6.07 Å². The Morgan fingerprint density at radius 2 is 1.96 bits per heavy atom. The molecule has 1 amide bonds. The molecule has 2 aromatic heterocycles. The highest BCUT2D eigenvalue weighted by Gasteiger charge is 2.51. The fraction of sp³-hybridized carbons (Fsp3) is 0.167. The molecule has 1 aliphatic carbocycles. The van der Waals surface area contributed by atoms with E-state index in [2.05, 4.69) is 27.4 Å². The van der Waals surface area contributed by atoms with Gasteiger partial charge in [0.25, 0.3) is 0 Å². The Balaban J connectivity index is 1.69. The smallest absolute Gasteiger partial charge is 0.237 e. The molecule has 23 heavy (non-hydrogen) atoms. The predicted molar refractivity (Wildman–Crippen MR) is 88.1 cm³/mol. The first kappa shape index (κ1) is 12.6. The summed E-state index contributed by atoms with van der Waals surface area (Å²) in [5, 5.41) is 3.99. The monoisotopic (exact) mass is 302 g/mol. The number of amides is 1. The van der Waals surface area contributed by atoms with Crippen LogP contribution in [0.3, 0.4) is 0 Å². The first-order valence-corrected chi connectivity index (χ1v) is 7.61. The molecular weight excluding hydrogens is 288 g/mol. The van der Waals surface area contributed by atoms with Crippen molar-refractivity contribution in [2.45, 2.75) is 18.3 Å². The number of nitrogens with two attached hydrogens (primary N) is 1. The number of hydrogen-bond donors (Lipinski definition) is 2. The largest absolute Gasteiger partial charge is 0.384 e. The van der Waals surface area contributed by atoms with Crippen LogP contribution in [-0.2, 0) is 23.1 Å². The van der Waals surface area contributed by atoms with E-state index in [0.717, 1.165) is 16.5 Å². The van der Waals surface area contributed by atoms with Crippen LogP contribution in [0.5, 0.6) is 0 Å². The van der Waals surface area contributed by atoms with Crippen LogP contribution in [0.15, 0.2) is 42.6 Å². The highest BCUT2D eigenvalue weighted by Crippen LogP contribution is 2.47. The third-order valence-electron chi connectivity index (χ3n) is 5.01. The van der Waals surface area contributed by atoms with Gasteiger partial charge < -0.3 is 11.1 Å². The van der Waals surface area contributed by atoms with Crippen molar-refractivity contribution in [2.24, 2.45) is 0 Å². The molecule has 3 aromatic rings. The number of carbonyl (C=O) groups excluding carboxylic acids is 1. The lowest BCUT2D eigenvalue weighted by atomic mass is 9.79. The van der Waals surface area contributed by atoms with Crippen LogP contribution >= 0.6 is 0 Å². The Kier molecular flexibility index (Phi) is 2.23. The number of carbonyl (C=O) groups is 1. The normalized spacial score (nSPS) is 21.5. The van der Waals surface area contributed by atoms with E-state index >= 15 is 0 Å². The SMILES string of the molecule is Nc1ccc2cc3c(cc2n1)CC1(C3)C(=O)Nc2ncccc21. The Hall–Kier alpha value is -2.95. The molecule has 1 spiro atoms. The first-order chi connectivity index (χ1) is 11.2. The average molecular weight is 302 g/mol. The summed E-state index contributed by atoms with van der Waals surface area (Å²) in [4.78, 5) is 21.4. The Bertz CT molecular complexity index is 997. The number of pyridine rings is 2. The minimum Gasteiger partial charge on any atom is -0.384 e. The summed E-state index contributed by atoms with van der Waals surface area (Å²) in [7, 11) is 0. The molecule has 1 aromatic carbocycles. The van der Waals surface area contributed by atoms with Crippen LogP contribution in [0, 0.1) is 0 Å². The van der Waals surface area contributed by atoms with Gasteiger partial charge in [0.15, 0.2) is 0 Å². The van der Waals surface area contributed by atoms with Crippen LogP contribution in [0.25, 0.3) is 10.9 Å². The van der Waals surface area contributed by atoms with Crippen molar-refractivity contribution in [3.05, 3.63) is 59.3 Å². The van der Waals surface area contributed by atoms with Crippen molar-refractivity contribution in [1.29, 1.82) is 0 Å². The van der Waals surface area contributed by atoms with Crippen LogP contribution < -0.4 is 11.1 Å². The number of hydrogen-bond acceptors (Lipinski definition) is 4. The van der Waals surface area contributed by atoms with Crippen molar-refractivity contribution in [3.63, 3.8) is 0 Å². The lowest BCUT2D eigenvalue weighted by Crippen LogP contribution is -2.35. The maximum Gasteiger partial charge on any atom is 0.237 e. The van der Waals surface area contributed by atoms with E-state index in [4.69, 9.17) is 5.73 Å². The van der Waals surface area contributed by atoms with E-state index in [0.29, 0.717) is 24.5 Å². The van der Waals surface area contributed by atoms with Crippen LogP contribution in [0.1, 0.15) is 16.7 Å². The first-order valence-electron chi connectivity index (χ1n) is 7.61. The van der Waals surface area contributed by atoms with Gasteiger partial charge in [-0.05, 0) is 54.3 Å². The molecule has 0 bridgehead atoms. The average Bonchev–Trinajstić information content (AvgIpc) is 3.04. The standard InChI is InChI=1S/C18H14N4O/c19-15-4-3-10-6-11-8-18(9-12(11)7-14(10)21-15)13-2-1-5-20-16(13)22-17(18)23/h1-7H,8-9H2,(H2,19,21)(H,20,22,23). The molecule has 0 saturated heterocycles. The zero-order chi connectivity index (χ0) is 15.6. The van der Waals surface area contributed by atoms with Gasteiger partial charge in [0.2, 0.25) is 5.91 Å². The number of anilines is 2. The summed E-state index contributed by atoms with van der Waals surface area (Å²) in [5.74, 6) is 1.24. The van der Waals surface area contributed by atoms with Gasteiger partial charge in [-0.25, -0.2) is 9.97 Å². The van der Waals surface area contributed by atoms with E-state index in [-0.39, 0.29) is 5.91 Å². The van der Waals surface area contributed by atoms with Gasteiger partial charge in [-0.3, -0.25) is 4.79 Å². The Labute approximate surface area is 132 Å². The maximum atomic E-state index is 12.7. The molecule has 5 nitrogen and oxygen atoms in total. The van der Waals surface area contributed by atoms with Crippen molar-refractivity contribution >= 4 is 28.4 Å². The van der Waals surface area contributed by atoms with E-state index in [1.807, 2.05) is 18.2 Å². The fourth-order valence-electron chi connectivity index (χ4n) is 3.91. The maximum absolute atomic E-state index is 12.7. The number of nitrogens with zero attached hydrogens (tertiary/aromatic N) is 2. The van der Waals surface area contributed by atoms with Gasteiger partial charge in [-0.15, -0.1) is 0 Å². The second kappa shape index (κ2) is 4.07. The second-order valence-electron chi connectivity index (χ2n) is 6.34. The fourth-order valence-corrected chi connectivity index (χ4v) is 3.91. The summed E-state index contributed by atoms with van der Waals surface area (Å²) >= 11 is 0. The van der Waals surface area contributed by atoms with Gasteiger partial charge >= 0.3 is 0 Å². The molecule has 1 aliphatic heterocycles. The number of nitrogen functional groups attached to an aromatic ring is 1. The second-order valence-corrected chi connectivity index (χ2v) is 6.34. The van der Waals surface area contributed by atoms with Gasteiger partial charge in [0, 0.05) is 17.1 Å². The van der Waals surface area contributed by atoms with E-state index in [9.17, 15) is 4.79 Å². The summed E-state index contributed by atoms with van der Waals surface area (Å²) in [5.41, 5.74) is 9.51. The third-order valence-corrected chi connectivity index (χ3v) is 5.01. The number of aromatic nitrogens is 2. The van der Waals surface area contributed by atoms with Gasteiger partial charge in [0.1, 0.15) is 11.6 Å². The Morgan fingerprint density at radius 3 is 2.83 bits per heavy atom. The van der Waals surface area contributed by atoms with Gasteiger partial charge in [0.05, 0.1) is 10.9 Å². The van der Waals surface area contributed by atoms with Crippen LogP contribution in [0.4, 0.5) is 11.6 Å². The molecular formula is C18H14N4O. The molecule has 112 valence electrons. The molecule has 5 rings (SSSR count). The highest BCUT2D eigenvalue weighted by molar-refractivity contribution is 6.06. The number of fused-ring (bicyclic) bond motifs is 4. The molecule has 3 heterocycles. The summed E-state index contributed by atoms with van der Waals surface area (Å²) in [6.07, 6.45) is 3.09. The molecule has 0 radical (unpaired) electrons. The van der Waals surface area contributed by atoms with E-state index in [1.54, 1.807) is 12.3 Å². The van der Waals surface area contributed by atoms with Crippen LogP contribution in [0.2, 0.25) is 0 Å². The molecule has 3 N–H and O–H groups in total. The van der Waals surface area contributed by atoms with Crippen molar-refractivity contribution in [2.75, 3.05) is 11.1 Å². The molecule has 0 fully saturated rings. The minimum absolute atomic E-state index is 0.0407. The van der Waals surface area contributed by atoms with E-state index in [1.165, 1.54) is 11.1 Å². The summed E-state index contributed by atoms with van der Waals surface area (Å²) in [6, 6.07) is 11.9. The number of nitrogens with one attached hydrogen (secondary N) is 1. The van der Waals surface area contributed by atoms with Crippen LogP contribution in [-0.4, -0.2) is 15.9 Å². The topological polar surface area (TPSA) is 80.9 Å². The zero-order valence-corrected chi connectivity index (χ0v) is 12.3. The van der Waals surface area contributed by atoms with Gasteiger partial charge in [-0.2, -0.15) is 0 Å². The molecule has 2 aliphatic rings. The van der Waals surface area contributed by atoms with E-state index < -0.39 is 5.41 Å². The zero-order valence-electron chi connectivity index (χ0n) is 12.3. The highest BCUT2D eigenvalue weighted by atomic mass is 16.2. The number of benzene rings is 1. The molecule has 0 saturated carbocycles. The van der Waals surface area contributed by atoms with Crippen molar-refractivity contribution in [1.82, 2.24) is 9.97 Å². The lowest BCUT2D eigenvalue weighted by molar-refractivity contribution is -0.120. The van der Waals surface area contributed by atoms with Crippen molar-refractivity contribution < 1.29 is 4.79 Å². The lowest BCUT2D eigenvalue weighted by Gasteiger charge is -2.20. The minimum atomic E-state index is -0.533.